The molecule has 7 aromatic rings. The Hall–Kier alpha value is -3.85. The molecule has 0 aliphatic carbocycles. The van der Waals surface area contributed by atoms with E-state index >= 15 is 0 Å². The molecule has 0 fully saturated rings. The van der Waals surface area contributed by atoms with Crippen molar-refractivity contribution >= 4 is 65.4 Å². The van der Waals surface area contributed by atoms with E-state index in [1.807, 2.05) is 18.3 Å². The number of benzene rings is 4. The second-order valence-electron chi connectivity index (χ2n) is 7.28. The second kappa shape index (κ2) is 4.90. The lowest BCUT2D eigenvalue weighted by atomic mass is 9.95. The second-order valence-corrected chi connectivity index (χ2v) is 7.28. The number of aromatic amines is 1. The molecule has 0 atom stereocenters. The van der Waals surface area contributed by atoms with Gasteiger partial charge in [-0.3, -0.25) is 4.98 Å². The van der Waals surface area contributed by atoms with Gasteiger partial charge in [0.2, 0.25) is 0 Å². The molecule has 0 aliphatic heterocycles. The maximum Gasteiger partial charge on any atom is 0.153 e. The van der Waals surface area contributed by atoms with Gasteiger partial charge in [-0.15, -0.1) is 0 Å². The average molecular weight is 358 g/mol. The molecule has 3 nitrogen and oxygen atoms in total. The van der Waals surface area contributed by atoms with Crippen LogP contribution in [0.4, 0.5) is 0 Å². The monoisotopic (exact) mass is 358 g/mol. The number of hydrogen-bond acceptors (Lipinski definition) is 2. The molecule has 4 aromatic carbocycles. The predicted octanol–water partition coefficient (Wildman–Crippen LogP) is 6.92. The standard InChI is InChI=1S/C25H14N2O/c1-2-7-15-14(6-1)16-11-12-19-23(24-20(28-19)10-5-13-26-24)22(16)25-21(15)17-8-3-4-9-18(17)27-25/h1-13,27H. The maximum absolute atomic E-state index is 6.12. The first-order chi connectivity index (χ1) is 13.9. The highest BCUT2D eigenvalue weighted by molar-refractivity contribution is 6.37. The minimum atomic E-state index is 0.822. The van der Waals surface area contributed by atoms with Crippen molar-refractivity contribution in [2.75, 3.05) is 0 Å². The molecule has 0 saturated heterocycles. The summed E-state index contributed by atoms with van der Waals surface area (Å²) in [5.74, 6) is 0. The van der Waals surface area contributed by atoms with Gasteiger partial charge in [0.25, 0.3) is 0 Å². The summed E-state index contributed by atoms with van der Waals surface area (Å²) in [7, 11) is 0. The highest BCUT2D eigenvalue weighted by atomic mass is 16.3. The van der Waals surface area contributed by atoms with Crippen LogP contribution < -0.4 is 0 Å². The third-order valence-corrected chi connectivity index (χ3v) is 5.84. The van der Waals surface area contributed by atoms with Gasteiger partial charge >= 0.3 is 0 Å². The molecule has 1 N–H and O–H groups in total. The van der Waals surface area contributed by atoms with Crippen LogP contribution in [0.25, 0.3) is 65.4 Å². The van der Waals surface area contributed by atoms with E-state index in [9.17, 15) is 0 Å². The maximum atomic E-state index is 6.12. The van der Waals surface area contributed by atoms with Crippen LogP contribution in [0.2, 0.25) is 0 Å². The van der Waals surface area contributed by atoms with E-state index in [1.54, 1.807) is 0 Å². The first-order valence-electron chi connectivity index (χ1n) is 9.41. The molecule has 130 valence electrons. The number of furan rings is 1. The SMILES string of the molecule is c1ccc2c(c1)[nH]c1c2c2ccccc2c2ccc3oc4cccnc4c3c21. The molecular formula is C25H14N2O. The average Bonchev–Trinajstić information content (AvgIpc) is 3.32. The van der Waals surface area contributed by atoms with Gasteiger partial charge in [0.05, 0.1) is 10.9 Å². The van der Waals surface area contributed by atoms with Crippen LogP contribution in [-0.4, -0.2) is 9.97 Å². The highest BCUT2D eigenvalue weighted by Gasteiger charge is 2.18. The summed E-state index contributed by atoms with van der Waals surface area (Å²) < 4.78 is 6.12. The number of nitrogens with one attached hydrogen (secondary N) is 1. The zero-order valence-corrected chi connectivity index (χ0v) is 14.9. The van der Waals surface area contributed by atoms with Crippen molar-refractivity contribution in [3.05, 3.63) is 79.0 Å². The molecule has 0 unspecified atom stereocenters. The largest absolute Gasteiger partial charge is 0.454 e. The Balaban J connectivity index is 1.93. The van der Waals surface area contributed by atoms with E-state index in [2.05, 4.69) is 70.6 Å². The summed E-state index contributed by atoms with van der Waals surface area (Å²) in [6.07, 6.45) is 1.83. The molecule has 3 heterocycles. The summed E-state index contributed by atoms with van der Waals surface area (Å²) in [6, 6.07) is 25.3. The Kier molecular flexibility index (Phi) is 2.49. The van der Waals surface area contributed by atoms with Gasteiger partial charge in [-0.1, -0.05) is 42.5 Å². The normalized spacial score (nSPS) is 12.3. The Labute approximate surface area is 159 Å². The van der Waals surface area contributed by atoms with Gasteiger partial charge < -0.3 is 9.40 Å². The van der Waals surface area contributed by atoms with Gasteiger partial charge in [0.15, 0.2) is 5.58 Å². The summed E-state index contributed by atoms with van der Waals surface area (Å²) in [4.78, 5) is 8.34. The lowest BCUT2D eigenvalue weighted by Crippen LogP contribution is -1.83. The topological polar surface area (TPSA) is 41.8 Å². The van der Waals surface area contributed by atoms with Crippen molar-refractivity contribution in [1.82, 2.24) is 9.97 Å². The van der Waals surface area contributed by atoms with Gasteiger partial charge in [0.1, 0.15) is 11.1 Å². The lowest BCUT2D eigenvalue weighted by molar-refractivity contribution is 0.668. The minimum absolute atomic E-state index is 0.822. The van der Waals surface area contributed by atoms with Crippen LogP contribution in [0.3, 0.4) is 0 Å². The molecule has 28 heavy (non-hydrogen) atoms. The molecule has 0 bridgehead atoms. The van der Waals surface area contributed by atoms with Crippen molar-refractivity contribution < 1.29 is 4.42 Å². The molecule has 7 rings (SSSR count). The quantitative estimate of drug-likeness (QED) is 0.299. The number of hydrogen-bond donors (Lipinski definition) is 1. The van der Waals surface area contributed by atoms with E-state index in [4.69, 9.17) is 4.42 Å². The van der Waals surface area contributed by atoms with E-state index in [0.29, 0.717) is 0 Å². The van der Waals surface area contributed by atoms with Crippen LogP contribution in [-0.2, 0) is 0 Å². The fourth-order valence-corrected chi connectivity index (χ4v) is 4.71. The minimum Gasteiger partial charge on any atom is -0.454 e. The van der Waals surface area contributed by atoms with Crippen molar-refractivity contribution in [3.8, 4) is 0 Å². The van der Waals surface area contributed by atoms with Crippen LogP contribution in [0.1, 0.15) is 0 Å². The van der Waals surface area contributed by atoms with Crippen molar-refractivity contribution in [2.24, 2.45) is 0 Å². The van der Waals surface area contributed by atoms with Crippen LogP contribution >= 0.6 is 0 Å². The van der Waals surface area contributed by atoms with Crippen LogP contribution in [0.15, 0.2) is 83.4 Å². The third-order valence-electron chi connectivity index (χ3n) is 5.84. The number of nitrogens with zero attached hydrogens (tertiary/aromatic N) is 1. The number of pyridine rings is 1. The number of para-hydroxylation sites is 1. The Morgan fingerprint density at radius 3 is 2.32 bits per heavy atom. The number of H-pyrrole nitrogens is 1. The number of rotatable bonds is 0. The van der Waals surface area contributed by atoms with Crippen LogP contribution in [0, 0.1) is 0 Å². The number of aromatic nitrogens is 2. The third kappa shape index (κ3) is 1.62. The van der Waals surface area contributed by atoms with E-state index in [0.717, 1.165) is 33.1 Å². The van der Waals surface area contributed by atoms with Crippen LogP contribution in [0.5, 0.6) is 0 Å². The van der Waals surface area contributed by atoms with E-state index < -0.39 is 0 Å². The summed E-state index contributed by atoms with van der Waals surface area (Å²) >= 11 is 0. The first-order valence-corrected chi connectivity index (χ1v) is 9.41. The smallest absolute Gasteiger partial charge is 0.153 e. The first kappa shape index (κ1) is 14.2. The van der Waals surface area contributed by atoms with Crippen molar-refractivity contribution in [1.29, 1.82) is 0 Å². The Bertz CT molecular complexity index is 1720. The van der Waals surface area contributed by atoms with Crippen molar-refractivity contribution in [2.45, 2.75) is 0 Å². The van der Waals surface area contributed by atoms with E-state index in [-0.39, 0.29) is 0 Å². The lowest BCUT2D eigenvalue weighted by Gasteiger charge is -2.08. The van der Waals surface area contributed by atoms with Gasteiger partial charge in [-0.25, -0.2) is 0 Å². The number of fused-ring (bicyclic) bond motifs is 12. The molecule has 3 heteroatoms. The zero-order valence-electron chi connectivity index (χ0n) is 14.9. The predicted molar refractivity (Wildman–Crippen MR) is 116 cm³/mol. The van der Waals surface area contributed by atoms with Gasteiger partial charge in [-0.2, -0.15) is 0 Å². The summed E-state index contributed by atoms with van der Waals surface area (Å²) in [6.45, 7) is 0. The molecular weight excluding hydrogens is 344 g/mol. The molecule has 0 saturated carbocycles. The van der Waals surface area contributed by atoms with E-state index in [1.165, 1.54) is 32.3 Å². The molecule has 0 radical (unpaired) electrons. The van der Waals surface area contributed by atoms with Gasteiger partial charge in [-0.05, 0) is 46.5 Å². The zero-order chi connectivity index (χ0) is 18.2. The fraction of sp³-hybridized carbons (Fsp3) is 0. The summed E-state index contributed by atoms with van der Waals surface area (Å²) in [5.41, 5.74) is 4.90. The Morgan fingerprint density at radius 2 is 1.39 bits per heavy atom. The summed E-state index contributed by atoms with van der Waals surface area (Å²) in [5, 5.41) is 8.50. The van der Waals surface area contributed by atoms with Crippen molar-refractivity contribution in [3.63, 3.8) is 0 Å². The fourth-order valence-electron chi connectivity index (χ4n) is 4.71. The Morgan fingerprint density at radius 1 is 0.607 bits per heavy atom. The molecule has 3 aromatic heterocycles. The molecule has 0 aliphatic rings. The van der Waals surface area contributed by atoms with Gasteiger partial charge in [0, 0.05) is 27.9 Å². The highest BCUT2D eigenvalue weighted by Crippen LogP contribution is 2.43. The molecule has 0 amide bonds. The molecule has 0 spiro atoms.